The first kappa shape index (κ1) is 9.24. The van der Waals surface area contributed by atoms with Gasteiger partial charge in [0.25, 0.3) is 0 Å². The molecule has 1 atom stereocenters. The molecule has 1 rings (SSSR count). The molecule has 0 unspecified atom stereocenters. The topological polar surface area (TPSA) is 12.9 Å². The number of aromatic nitrogens is 1. The molecule has 1 aromatic heterocycles. The minimum absolute atomic E-state index is 0.663. The van der Waals surface area contributed by atoms with E-state index in [4.69, 9.17) is 0 Å². The van der Waals surface area contributed by atoms with Crippen molar-refractivity contribution in [2.45, 2.75) is 39.0 Å². The van der Waals surface area contributed by atoms with Crippen molar-refractivity contribution >= 4 is 0 Å². The predicted octanol–water partition coefficient (Wildman–Crippen LogP) is 3.38. The molecule has 0 aromatic carbocycles. The van der Waals surface area contributed by atoms with Crippen LogP contribution in [0.3, 0.4) is 0 Å². The Morgan fingerprint density at radius 3 is 2.67 bits per heavy atom. The van der Waals surface area contributed by atoms with Crippen molar-refractivity contribution in [3.8, 4) is 0 Å². The molecule has 1 heteroatoms. The van der Waals surface area contributed by atoms with E-state index >= 15 is 0 Å². The molecule has 12 heavy (non-hydrogen) atoms. The first-order chi connectivity index (χ1) is 5.88. The van der Waals surface area contributed by atoms with Crippen molar-refractivity contribution in [1.82, 2.24) is 4.98 Å². The Bertz CT molecular complexity index is 206. The summed E-state index contributed by atoms with van der Waals surface area (Å²) in [6, 6.07) is 6.17. The highest BCUT2D eigenvalue weighted by Gasteiger charge is 2.07. The molecule has 1 nitrogen and oxygen atoms in total. The Morgan fingerprint density at radius 2 is 2.17 bits per heavy atom. The van der Waals surface area contributed by atoms with Crippen molar-refractivity contribution in [2.24, 2.45) is 0 Å². The third-order valence-electron chi connectivity index (χ3n) is 2.24. The zero-order valence-electron chi connectivity index (χ0n) is 7.96. The lowest BCUT2D eigenvalue weighted by Crippen LogP contribution is -1.98. The van der Waals surface area contributed by atoms with Crippen molar-refractivity contribution in [2.75, 3.05) is 0 Å². The zero-order chi connectivity index (χ0) is 8.81. The van der Waals surface area contributed by atoms with Crippen LogP contribution in [0.25, 0.3) is 0 Å². The maximum absolute atomic E-state index is 4.37. The zero-order valence-corrected chi connectivity index (χ0v) is 7.96. The fourth-order valence-corrected chi connectivity index (χ4v) is 1.53. The van der Waals surface area contributed by atoms with Crippen molar-refractivity contribution in [3.63, 3.8) is 0 Å². The molecule has 0 amide bonds. The maximum atomic E-state index is 4.37. The van der Waals surface area contributed by atoms with Crippen LogP contribution in [0.1, 0.15) is 44.7 Å². The second-order valence-corrected chi connectivity index (χ2v) is 3.15. The average Bonchev–Trinajstić information content (AvgIpc) is 2.15. The summed E-state index contributed by atoms with van der Waals surface area (Å²) < 4.78 is 0. The summed E-state index contributed by atoms with van der Waals surface area (Å²) in [5.74, 6) is 0.663. The van der Waals surface area contributed by atoms with E-state index in [1.807, 2.05) is 12.3 Å². The van der Waals surface area contributed by atoms with Gasteiger partial charge in [-0.05, 0) is 25.0 Å². The SMILES string of the molecule is CCC[C@@H](CC)c1ccccn1. The highest BCUT2D eigenvalue weighted by Crippen LogP contribution is 2.21. The Hall–Kier alpha value is -0.850. The number of rotatable bonds is 4. The van der Waals surface area contributed by atoms with E-state index in [-0.39, 0.29) is 0 Å². The van der Waals surface area contributed by atoms with Gasteiger partial charge in [-0.15, -0.1) is 0 Å². The van der Waals surface area contributed by atoms with Crippen LogP contribution < -0.4 is 0 Å². The van der Waals surface area contributed by atoms with Gasteiger partial charge < -0.3 is 0 Å². The van der Waals surface area contributed by atoms with Gasteiger partial charge in [0.05, 0.1) is 0 Å². The molecule has 0 bridgehead atoms. The fraction of sp³-hybridized carbons (Fsp3) is 0.545. The third kappa shape index (κ3) is 2.33. The Balaban J connectivity index is 2.66. The van der Waals surface area contributed by atoms with Gasteiger partial charge in [-0.1, -0.05) is 26.3 Å². The summed E-state index contributed by atoms with van der Waals surface area (Å²) in [4.78, 5) is 4.37. The maximum Gasteiger partial charge on any atom is 0.0434 e. The molecular formula is C11H17N. The number of pyridine rings is 1. The van der Waals surface area contributed by atoms with Gasteiger partial charge in [0.1, 0.15) is 0 Å². The summed E-state index contributed by atoms with van der Waals surface area (Å²) in [5, 5.41) is 0. The van der Waals surface area contributed by atoms with Crippen molar-refractivity contribution in [3.05, 3.63) is 30.1 Å². The summed E-state index contributed by atoms with van der Waals surface area (Å²) in [6.07, 6.45) is 5.58. The fourth-order valence-electron chi connectivity index (χ4n) is 1.53. The molecule has 0 saturated carbocycles. The van der Waals surface area contributed by atoms with Crippen LogP contribution in [0.4, 0.5) is 0 Å². The molecule has 1 heterocycles. The molecule has 0 spiro atoms. The van der Waals surface area contributed by atoms with Gasteiger partial charge >= 0.3 is 0 Å². The van der Waals surface area contributed by atoms with Gasteiger partial charge in [-0.3, -0.25) is 4.98 Å². The molecule has 0 aliphatic rings. The predicted molar refractivity (Wildman–Crippen MR) is 52.2 cm³/mol. The summed E-state index contributed by atoms with van der Waals surface area (Å²) in [6.45, 7) is 4.46. The van der Waals surface area contributed by atoms with Gasteiger partial charge in [0.15, 0.2) is 0 Å². The number of hydrogen-bond acceptors (Lipinski definition) is 1. The highest BCUT2D eigenvalue weighted by molar-refractivity contribution is 5.08. The van der Waals surface area contributed by atoms with E-state index in [0.717, 1.165) is 0 Å². The molecule has 0 fully saturated rings. The van der Waals surface area contributed by atoms with Gasteiger partial charge in [0.2, 0.25) is 0 Å². The van der Waals surface area contributed by atoms with Gasteiger partial charge in [-0.25, -0.2) is 0 Å². The van der Waals surface area contributed by atoms with Crippen LogP contribution in [-0.4, -0.2) is 4.98 Å². The van der Waals surface area contributed by atoms with E-state index in [0.29, 0.717) is 5.92 Å². The van der Waals surface area contributed by atoms with Gasteiger partial charge in [0, 0.05) is 17.8 Å². The number of nitrogens with zero attached hydrogens (tertiary/aromatic N) is 1. The van der Waals surface area contributed by atoms with E-state index in [1.54, 1.807) is 0 Å². The Kier molecular flexibility index (Phi) is 3.78. The molecule has 1 aromatic rings. The van der Waals surface area contributed by atoms with Crippen LogP contribution in [0, 0.1) is 0 Å². The summed E-state index contributed by atoms with van der Waals surface area (Å²) in [5.41, 5.74) is 1.25. The lowest BCUT2D eigenvalue weighted by atomic mass is 9.97. The largest absolute Gasteiger partial charge is 0.261 e. The van der Waals surface area contributed by atoms with Crippen LogP contribution >= 0.6 is 0 Å². The average molecular weight is 163 g/mol. The molecule has 0 saturated heterocycles. The molecule has 0 radical (unpaired) electrons. The molecule has 0 N–H and O–H groups in total. The van der Waals surface area contributed by atoms with Crippen molar-refractivity contribution in [1.29, 1.82) is 0 Å². The highest BCUT2D eigenvalue weighted by atomic mass is 14.7. The van der Waals surface area contributed by atoms with E-state index in [1.165, 1.54) is 25.0 Å². The Morgan fingerprint density at radius 1 is 1.33 bits per heavy atom. The quantitative estimate of drug-likeness (QED) is 0.663. The second-order valence-electron chi connectivity index (χ2n) is 3.15. The van der Waals surface area contributed by atoms with Crippen LogP contribution in [0.5, 0.6) is 0 Å². The van der Waals surface area contributed by atoms with Crippen molar-refractivity contribution < 1.29 is 0 Å². The smallest absolute Gasteiger partial charge is 0.0434 e. The van der Waals surface area contributed by atoms with Gasteiger partial charge in [-0.2, -0.15) is 0 Å². The molecule has 0 aliphatic carbocycles. The Labute approximate surface area is 74.8 Å². The van der Waals surface area contributed by atoms with E-state index in [9.17, 15) is 0 Å². The van der Waals surface area contributed by atoms with Crippen LogP contribution in [0.2, 0.25) is 0 Å². The normalized spacial score (nSPS) is 12.8. The summed E-state index contributed by atoms with van der Waals surface area (Å²) in [7, 11) is 0. The van der Waals surface area contributed by atoms with Crippen LogP contribution in [-0.2, 0) is 0 Å². The lowest BCUT2D eigenvalue weighted by Gasteiger charge is -2.11. The first-order valence-corrected chi connectivity index (χ1v) is 4.79. The van der Waals surface area contributed by atoms with E-state index in [2.05, 4.69) is 31.0 Å². The second kappa shape index (κ2) is 4.91. The molecule has 0 aliphatic heterocycles. The third-order valence-corrected chi connectivity index (χ3v) is 2.24. The number of hydrogen-bond donors (Lipinski definition) is 0. The standard InChI is InChI=1S/C11H17N/c1-3-7-10(4-2)11-8-5-6-9-12-11/h5-6,8-10H,3-4,7H2,1-2H3/t10-/m1/s1. The minimum Gasteiger partial charge on any atom is -0.261 e. The molecular weight excluding hydrogens is 146 g/mol. The first-order valence-electron chi connectivity index (χ1n) is 4.79. The summed E-state index contributed by atoms with van der Waals surface area (Å²) >= 11 is 0. The molecule has 66 valence electrons. The van der Waals surface area contributed by atoms with Crippen LogP contribution in [0.15, 0.2) is 24.4 Å². The van der Waals surface area contributed by atoms with E-state index < -0.39 is 0 Å². The minimum atomic E-state index is 0.663. The lowest BCUT2D eigenvalue weighted by molar-refractivity contribution is 0.581. The monoisotopic (exact) mass is 163 g/mol.